The third kappa shape index (κ3) is 3.80. The van der Waals surface area contributed by atoms with Gasteiger partial charge in [-0.15, -0.1) is 0 Å². The number of hydrogen-bond donors (Lipinski definition) is 1. The molecule has 0 fully saturated rings. The third-order valence-corrected chi connectivity index (χ3v) is 4.07. The molecular weight excluding hydrogens is 491 g/mol. The molecule has 0 unspecified atom stereocenters. The summed E-state index contributed by atoms with van der Waals surface area (Å²) in [5.41, 5.74) is 0. The van der Waals surface area contributed by atoms with Crippen LogP contribution in [0, 0.1) is 0 Å². The van der Waals surface area contributed by atoms with Gasteiger partial charge in [0, 0.05) is 5.75 Å². The standard InChI is InChI=1S/C10H5F17OS/c11-3(12,5(15,16)7(19,20)9(23,24)25)4(13,14)6(17,18)8(21,22)10(26,27)29-2-1-28/h28H,1-2H2. The second-order valence-electron chi connectivity index (χ2n) is 5.03. The van der Waals surface area contributed by atoms with Crippen molar-refractivity contribution in [2.75, 3.05) is 12.4 Å². The van der Waals surface area contributed by atoms with Crippen LogP contribution < -0.4 is 0 Å². The van der Waals surface area contributed by atoms with Crippen molar-refractivity contribution in [2.45, 2.75) is 47.0 Å². The van der Waals surface area contributed by atoms with Crippen LogP contribution in [0.4, 0.5) is 74.6 Å². The first-order valence-electron chi connectivity index (χ1n) is 6.27. The van der Waals surface area contributed by atoms with Crippen LogP contribution in [0.25, 0.3) is 0 Å². The minimum absolute atomic E-state index is 1.50. The fourth-order valence-corrected chi connectivity index (χ4v) is 2.07. The van der Waals surface area contributed by atoms with Crippen molar-refractivity contribution < 1.29 is 79.7 Å². The van der Waals surface area contributed by atoms with Gasteiger partial charge in [-0.2, -0.15) is 74.6 Å². The van der Waals surface area contributed by atoms with E-state index >= 15 is 0 Å². The highest BCUT2D eigenvalue weighted by molar-refractivity contribution is 8.00. The minimum atomic E-state index is -8.62. The van der Waals surface area contributed by atoms with Crippen molar-refractivity contribution >= 4 is 11.8 Å². The Labute approximate surface area is 152 Å². The third-order valence-electron chi connectivity index (χ3n) is 3.07. The SMILES string of the molecule is OCCSC(F)(F)C(F)(F)C(F)(F)C(F)(F)C(F)(F)C(F)(F)C(F)(F)C(F)(F)F. The lowest BCUT2D eigenvalue weighted by Crippen LogP contribution is -2.74. The summed E-state index contributed by atoms with van der Waals surface area (Å²) >= 11 is -1.75. The molecular formula is C10H5F17OS. The Balaban J connectivity index is 6.57. The zero-order valence-electron chi connectivity index (χ0n) is 12.7. The average Bonchev–Trinajstić information content (AvgIpc) is 2.50. The molecule has 0 aliphatic carbocycles. The summed E-state index contributed by atoms with van der Waals surface area (Å²) in [7, 11) is 0. The molecule has 0 bridgehead atoms. The van der Waals surface area contributed by atoms with E-state index in [9.17, 15) is 74.6 Å². The summed E-state index contributed by atoms with van der Waals surface area (Å²) in [5.74, 6) is -51.5. The molecule has 0 aromatic heterocycles. The molecule has 1 N–H and O–H groups in total. The fourth-order valence-electron chi connectivity index (χ4n) is 1.41. The molecule has 0 aliphatic rings. The molecule has 0 rings (SSSR count). The second-order valence-corrected chi connectivity index (χ2v) is 6.24. The van der Waals surface area contributed by atoms with Gasteiger partial charge in [-0.1, -0.05) is 11.8 Å². The summed E-state index contributed by atoms with van der Waals surface area (Å²) in [5, 5.41) is 1.62. The summed E-state index contributed by atoms with van der Waals surface area (Å²) in [6.07, 6.45) is -7.77. The van der Waals surface area contributed by atoms with Crippen LogP contribution in [0.1, 0.15) is 0 Å². The molecule has 0 aliphatic heterocycles. The Morgan fingerprint density at radius 2 is 0.724 bits per heavy atom. The summed E-state index contributed by atoms with van der Waals surface area (Å²) in [6.45, 7) is -1.50. The van der Waals surface area contributed by atoms with E-state index < -0.39 is 71.1 Å². The van der Waals surface area contributed by atoms with Gasteiger partial charge in [0.25, 0.3) is 0 Å². The largest absolute Gasteiger partial charge is 0.460 e. The second kappa shape index (κ2) is 7.37. The van der Waals surface area contributed by atoms with E-state index in [1.807, 2.05) is 0 Å². The number of aliphatic hydroxyl groups is 1. The van der Waals surface area contributed by atoms with E-state index in [-0.39, 0.29) is 0 Å². The lowest BCUT2D eigenvalue weighted by molar-refractivity contribution is -0.458. The molecule has 19 heteroatoms. The van der Waals surface area contributed by atoms with Gasteiger partial charge in [-0.05, 0) is 0 Å². The number of thioether (sulfide) groups is 1. The van der Waals surface area contributed by atoms with Crippen molar-refractivity contribution in [2.24, 2.45) is 0 Å². The topological polar surface area (TPSA) is 20.2 Å². The highest BCUT2D eigenvalue weighted by atomic mass is 32.2. The molecule has 0 aromatic rings. The Bertz CT molecular complexity index is 579. The molecule has 0 amide bonds. The van der Waals surface area contributed by atoms with Gasteiger partial charge in [0.2, 0.25) is 0 Å². The predicted molar refractivity (Wildman–Crippen MR) is 60.2 cm³/mol. The molecule has 0 radical (unpaired) electrons. The van der Waals surface area contributed by atoms with Gasteiger partial charge >= 0.3 is 47.0 Å². The van der Waals surface area contributed by atoms with Gasteiger partial charge in [-0.3, -0.25) is 0 Å². The lowest BCUT2D eigenvalue weighted by atomic mass is 9.91. The molecule has 0 saturated heterocycles. The van der Waals surface area contributed by atoms with Gasteiger partial charge in [0.15, 0.2) is 0 Å². The maximum absolute atomic E-state index is 13.2. The first-order valence-corrected chi connectivity index (χ1v) is 7.26. The van der Waals surface area contributed by atoms with Crippen LogP contribution in [0.15, 0.2) is 0 Å². The molecule has 29 heavy (non-hydrogen) atoms. The van der Waals surface area contributed by atoms with Gasteiger partial charge in [0.05, 0.1) is 6.61 Å². The molecule has 0 aromatic carbocycles. The van der Waals surface area contributed by atoms with E-state index in [2.05, 4.69) is 0 Å². The number of hydrogen-bond acceptors (Lipinski definition) is 2. The van der Waals surface area contributed by atoms with Crippen LogP contribution in [0.2, 0.25) is 0 Å². The Morgan fingerprint density at radius 3 is 1.00 bits per heavy atom. The van der Waals surface area contributed by atoms with E-state index in [0.717, 1.165) is 0 Å². The highest BCUT2D eigenvalue weighted by Crippen LogP contribution is 2.64. The Kier molecular flexibility index (Phi) is 7.14. The van der Waals surface area contributed by atoms with E-state index in [1.165, 1.54) is 0 Å². The molecule has 0 heterocycles. The first-order chi connectivity index (χ1) is 12.3. The van der Waals surface area contributed by atoms with Crippen molar-refractivity contribution in [3.8, 4) is 0 Å². The Morgan fingerprint density at radius 1 is 0.448 bits per heavy atom. The number of rotatable bonds is 9. The predicted octanol–water partition coefficient (Wildman–Crippen LogP) is 5.68. The van der Waals surface area contributed by atoms with Gasteiger partial charge in [-0.25, -0.2) is 0 Å². The molecule has 0 saturated carbocycles. The van der Waals surface area contributed by atoms with E-state index in [1.54, 1.807) is 0 Å². The monoisotopic (exact) mass is 496 g/mol. The highest BCUT2D eigenvalue weighted by Gasteiger charge is 2.95. The van der Waals surface area contributed by atoms with E-state index in [0.29, 0.717) is 0 Å². The maximum atomic E-state index is 13.2. The lowest BCUT2D eigenvalue weighted by Gasteiger charge is -2.42. The zero-order valence-corrected chi connectivity index (χ0v) is 13.5. The van der Waals surface area contributed by atoms with E-state index in [4.69, 9.17) is 5.11 Å². The molecule has 1 nitrogen and oxygen atoms in total. The Hall–Kier alpha value is -0.880. The molecule has 176 valence electrons. The van der Waals surface area contributed by atoms with Crippen molar-refractivity contribution in [3.63, 3.8) is 0 Å². The average molecular weight is 496 g/mol. The zero-order chi connectivity index (χ0) is 24.1. The van der Waals surface area contributed by atoms with Crippen LogP contribution >= 0.6 is 11.8 Å². The normalized spacial score (nSPS) is 16.3. The van der Waals surface area contributed by atoms with Gasteiger partial charge in [0.1, 0.15) is 0 Å². The number of alkyl halides is 17. The number of halogens is 17. The summed E-state index contributed by atoms with van der Waals surface area (Å²) < 4.78 is 218. The quantitative estimate of drug-likeness (QED) is 0.415. The van der Waals surface area contributed by atoms with Gasteiger partial charge < -0.3 is 5.11 Å². The maximum Gasteiger partial charge on any atom is 0.460 e. The fraction of sp³-hybridized carbons (Fsp3) is 1.00. The number of aliphatic hydroxyl groups excluding tert-OH is 1. The van der Waals surface area contributed by atoms with Crippen molar-refractivity contribution in [1.82, 2.24) is 0 Å². The minimum Gasteiger partial charge on any atom is -0.396 e. The van der Waals surface area contributed by atoms with Crippen molar-refractivity contribution in [1.29, 1.82) is 0 Å². The smallest absolute Gasteiger partial charge is 0.396 e. The molecule has 0 spiro atoms. The summed E-state index contributed by atoms with van der Waals surface area (Å²) in [4.78, 5) is 0. The molecule has 0 atom stereocenters. The van der Waals surface area contributed by atoms with Crippen LogP contribution in [-0.4, -0.2) is 64.4 Å². The van der Waals surface area contributed by atoms with Crippen molar-refractivity contribution in [3.05, 3.63) is 0 Å². The summed E-state index contributed by atoms with van der Waals surface area (Å²) in [6, 6.07) is 0. The first kappa shape index (κ1) is 28.1. The van der Waals surface area contributed by atoms with Crippen LogP contribution in [0.3, 0.4) is 0 Å². The van der Waals surface area contributed by atoms with Crippen LogP contribution in [0.5, 0.6) is 0 Å². The van der Waals surface area contributed by atoms with Crippen LogP contribution in [-0.2, 0) is 0 Å².